The fourth-order valence-corrected chi connectivity index (χ4v) is 1.87. The van der Waals surface area contributed by atoms with Crippen LogP contribution in [0.15, 0.2) is 24.3 Å². The van der Waals surface area contributed by atoms with E-state index in [-0.39, 0.29) is 17.8 Å². The van der Waals surface area contributed by atoms with Gasteiger partial charge in [-0.1, -0.05) is 17.3 Å². The maximum absolute atomic E-state index is 11.1. The second kappa shape index (κ2) is 6.04. The Morgan fingerprint density at radius 2 is 1.90 bits per heavy atom. The Bertz CT molecular complexity index is 663. The number of nitrogens with zero attached hydrogens (tertiary/aromatic N) is 3. The van der Waals surface area contributed by atoms with E-state index in [2.05, 4.69) is 10.3 Å². The Morgan fingerprint density at radius 1 is 1.24 bits per heavy atom. The minimum atomic E-state index is -1.24. The van der Waals surface area contributed by atoms with Crippen molar-refractivity contribution in [2.45, 2.75) is 13.0 Å². The van der Waals surface area contributed by atoms with Gasteiger partial charge in [-0.15, -0.1) is 5.10 Å². The first kappa shape index (κ1) is 14.5. The summed E-state index contributed by atoms with van der Waals surface area (Å²) in [4.78, 5) is 21.9. The highest BCUT2D eigenvalue weighted by atomic mass is 16.5. The molecule has 1 aromatic heterocycles. The lowest BCUT2D eigenvalue weighted by molar-refractivity contribution is -0.138. The highest BCUT2D eigenvalue weighted by Crippen LogP contribution is 2.16. The smallest absolute Gasteiger partial charge is 0.358 e. The van der Waals surface area contributed by atoms with E-state index in [1.54, 1.807) is 31.4 Å². The highest BCUT2D eigenvalue weighted by Gasteiger charge is 2.20. The van der Waals surface area contributed by atoms with Gasteiger partial charge in [0.15, 0.2) is 5.69 Å². The topological polar surface area (TPSA) is 115 Å². The van der Waals surface area contributed by atoms with Crippen LogP contribution in [-0.4, -0.2) is 44.3 Å². The standard InChI is InChI=1S/C13H13N3O5/c1-21-9-4-2-8(3-5-9)6-10-12(13(19)20)14-15-16(10)7-11(17)18/h2-5H,6-7H2,1H3,(H,17,18)(H,19,20). The van der Waals surface area contributed by atoms with E-state index in [1.165, 1.54) is 0 Å². The summed E-state index contributed by atoms with van der Waals surface area (Å²) in [5.41, 5.74) is 0.800. The van der Waals surface area contributed by atoms with E-state index < -0.39 is 18.5 Å². The van der Waals surface area contributed by atoms with Crippen LogP contribution >= 0.6 is 0 Å². The van der Waals surface area contributed by atoms with Crippen molar-refractivity contribution < 1.29 is 24.5 Å². The van der Waals surface area contributed by atoms with Crippen molar-refractivity contribution in [3.8, 4) is 5.75 Å². The first-order valence-corrected chi connectivity index (χ1v) is 6.01. The van der Waals surface area contributed by atoms with Gasteiger partial charge in [0.1, 0.15) is 12.3 Å². The summed E-state index contributed by atoms with van der Waals surface area (Å²) < 4.78 is 6.12. The van der Waals surface area contributed by atoms with Crippen molar-refractivity contribution in [2.24, 2.45) is 0 Å². The number of aromatic nitrogens is 3. The fraction of sp³-hybridized carbons (Fsp3) is 0.231. The zero-order valence-electron chi connectivity index (χ0n) is 11.2. The van der Waals surface area contributed by atoms with Gasteiger partial charge >= 0.3 is 11.9 Å². The number of ether oxygens (including phenoxy) is 1. The molecule has 0 saturated carbocycles. The average Bonchev–Trinajstić information content (AvgIpc) is 2.82. The third kappa shape index (κ3) is 3.35. The first-order valence-electron chi connectivity index (χ1n) is 6.01. The minimum absolute atomic E-state index is 0.214. The molecule has 2 N–H and O–H groups in total. The van der Waals surface area contributed by atoms with E-state index in [9.17, 15) is 9.59 Å². The van der Waals surface area contributed by atoms with E-state index in [4.69, 9.17) is 14.9 Å². The van der Waals surface area contributed by atoms with Crippen LogP contribution < -0.4 is 4.74 Å². The molecule has 0 aliphatic rings. The van der Waals surface area contributed by atoms with Gasteiger partial charge in [0.2, 0.25) is 0 Å². The third-order valence-corrected chi connectivity index (χ3v) is 2.86. The van der Waals surface area contributed by atoms with Crippen molar-refractivity contribution >= 4 is 11.9 Å². The molecule has 0 amide bonds. The van der Waals surface area contributed by atoms with E-state index in [1.807, 2.05) is 0 Å². The lowest BCUT2D eigenvalue weighted by Crippen LogP contribution is -2.14. The zero-order chi connectivity index (χ0) is 15.4. The number of carboxylic acids is 2. The normalized spacial score (nSPS) is 10.3. The van der Waals surface area contributed by atoms with Gasteiger partial charge in [-0.05, 0) is 17.7 Å². The Kier molecular flexibility index (Phi) is 4.17. The number of benzene rings is 1. The molecule has 0 spiro atoms. The second-order valence-electron chi connectivity index (χ2n) is 4.27. The van der Waals surface area contributed by atoms with Gasteiger partial charge in [0, 0.05) is 6.42 Å². The van der Waals surface area contributed by atoms with Crippen molar-refractivity contribution in [3.63, 3.8) is 0 Å². The molecule has 110 valence electrons. The number of rotatable bonds is 6. The maximum atomic E-state index is 11.1. The lowest BCUT2D eigenvalue weighted by Gasteiger charge is -2.06. The van der Waals surface area contributed by atoms with Gasteiger partial charge < -0.3 is 14.9 Å². The summed E-state index contributed by atoms with van der Waals surface area (Å²) in [6, 6.07) is 7.01. The summed E-state index contributed by atoms with van der Waals surface area (Å²) in [6.07, 6.45) is 0.214. The van der Waals surface area contributed by atoms with Crippen LogP contribution in [0.3, 0.4) is 0 Å². The molecular formula is C13H13N3O5. The molecule has 8 heteroatoms. The predicted octanol–water partition coefficient (Wildman–Crippen LogP) is 0.660. The van der Waals surface area contributed by atoms with Crippen molar-refractivity contribution in [3.05, 3.63) is 41.2 Å². The SMILES string of the molecule is COc1ccc(Cc2c(C(=O)O)nnn2CC(=O)O)cc1. The van der Waals surface area contributed by atoms with Gasteiger partial charge in [0.25, 0.3) is 0 Å². The molecule has 8 nitrogen and oxygen atoms in total. The first-order chi connectivity index (χ1) is 10.0. The number of aliphatic carboxylic acids is 1. The number of carbonyl (C=O) groups is 2. The Morgan fingerprint density at radius 3 is 2.43 bits per heavy atom. The molecule has 1 heterocycles. The van der Waals surface area contributed by atoms with Crippen LogP contribution in [0.25, 0.3) is 0 Å². The summed E-state index contributed by atoms with van der Waals surface area (Å²) >= 11 is 0. The molecule has 0 bridgehead atoms. The highest BCUT2D eigenvalue weighted by molar-refractivity contribution is 5.86. The molecule has 0 atom stereocenters. The van der Waals surface area contributed by atoms with Crippen LogP contribution in [0.4, 0.5) is 0 Å². The minimum Gasteiger partial charge on any atom is -0.497 e. The molecule has 2 rings (SSSR count). The van der Waals surface area contributed by atoms with Crippen molar-refractivity contribution in [1.29, 1.82) is 0 Å². The zero-order valence-corrected chi connectivity index (χ0v) is 11.2. The number of methoxy groups -OCH3 is 1. The molecule has 0 radical (unpaired) electrons. The quantitative estimate of drug-likeness (QED) is 0.803. The summed E-state index contributed by atoms with van der Waals surface area (Å²) in [5.74, 6) is -1.68. The monoisotopic (exact) mass is 291 g/mol. The van der Waals surface area contributed by atoms with E-state index in [0.717, 1.165) is 10.2 Å². The molecule has 2 aromatic rings. The number of hydrogen-bond donors (Lipinski definition) is 2. The average molecular weight is 291 g/mol. The van der Waals surface area contributed by atoms with Crippen LogP contribution in [0.2, 0.25) is 0 Å². The maximum Gasteiger partial charge on any atom is 0.358 e. The van der Waals surface area contributed by atoms with Gasteiger partial charge in [0.05, 0.1) is 12.8 Å². The largest absolute Gasteiger partial charge is 0.497 e. The molecule has 0 fully saturated rings. The number of carboxylic acid groups (broad SMARTS) is 2. The fourth-order valence-electron chi connectivity index (χ4n) is 1.87. The Hall–Kier alpha value is -2.90. The third-order valence-electron chi connectivity index (χ3n) is 2.86. The van der Waals surface area contributed by atoms with Crippen LogP contribution in [-0.2, 0) is 17.8 Å². The Labute approximate surface area is 119 Å². The van der Waals surface area contributed by atoms with Gasteiger partial charge in [-0.25, -0.2) is 9.48 Å². The van der Waals surface area contributed by atoms with Gasteiger partial charge in [-0.2, -0.15) is 0 Å². The molecule has 0 aliphatic carbocycles. The molecule has 0 unspecified atom stereocenters. The number of aromatic carboxylic acids is 1. The summed E-state index contributed by atoms with van der Waals surface area (Å²) in [7, 11) is 1.55. The molecule has 21 heavy (non-hydrogen) atoms. The van der Waals surface area contributed by atoms with Crippen LogP contribution in [0, 0.1) is 0 Å². The van der Waals surface area contributed by atoms with Crippen LogP contribution in [0.1, 0.15) is 21.7 Å². The van der Waals surface area contributed by atoms with Crippen molar-refractivity contribution in [2.75, 3.05) is 7.11 Å². The van der Waals surface area contributed by atoms with Crippen molar-refractivity contribution in [1.82, 2.24) is 15.0 Å². The molecule has 0 saturated heterocycles. The second-order valence-corrected chi connectivity index (χ2v) is 4.27. The molecular weight excluding hydrogens is 278 g/mol. The predicted molar refractivity (Wildman–Crippen MR) is 70.4 cm³/mol. The Balaban J connectivity index is 2.33. The number of hydrogen-bond acceptors (Lipinski definition) is 5. The molecule has 0 aliphatic heterocycles. The lowest BCUT2D eigenvalue weighted by atomic mass is 10.1. The summed E-state index contributed by atoms with van der Waals surface area (Å²) in [5, 5.41) is 25.0. The molecule has 1 aromatic carbocycles. The summed E-state index contributed by atoms with van der Waals surface area (Å²) in [6.45, 7) is -0.439. The van der Waals surface area contributed by atoms with E-state index in [0.29, 0.717) is 5.75 Å². The van der Waals surface area contributed by atoms with E-state index >= 15 is 0 Å². The van der Waals surface area contributed by atoms with Gasteiger partial charge in [-0.3, -0.25) is 4.79 Å². The van der Waals surface area contributed by atoms with Crippen LogP contribution in [0.5, 0.6) is 5.75 Å².